The maximum absolute atomic E-state index is 12.5. The summed E-state index contributed by atoms with van der Waals surface area (Å²) in [5.41, 5.74) is 3.49. The van der Waals surface area contributed by atoms with Gasteiger partial charge in [0.15, 0.2) is 0 Å². The number of nitrogens with zero attached hydrogens (tertiary/aromatic N) is 1. The van der Waals surface area contributed by atoms with Crippen LogP contribution >= 0.6 is 0 Å². The summed E-state index contributed by atoms with van der Waals surface area (Å²) in [6.45, 7) is 4.68. The lowest BCUT2D eigenvalue weighted by Crippen LogP contribution is -2.46. The zero-order valence-electron chi connectivity index (χ0n) is 13.7. The first-order valence-electron chi connectivity index (χ1n) is 8.11. The van der Waals surface area contributed by atoms with Gasteiger partial charge in [-0.3, -0.25) is 9.59 Å². The second-order valence-corrected chi connectivity index (χ2v) is 5.88. The minimum Gasteiger partial charge on any atom is -0.336 e. The van der Waals surface area contributed by atoms with Crippen LogP contribution in [-0.2, 0) is 4.79 Å². The smallest absolute Gasteiger partial charge is 0.253 e. The number of hydrogen-bond acceptors (Lipinski definition) is 3. The Morgan fingerprint density at radius 1 is 1.00 bits per heavy atom. The van der Waals surface area contributed by atoms with Crippen LogP contribution in [0, 0.1) is 0 Å². The maximum Gasteiger partial charge on any atom is 0.253 e. The van der Waals surface area contributed by atoms with E-state index >= 15 is 0 Å². The van der Waals surface area contributed by atoms with Crippen LogP contribution in [0.1, 0.15) is 17.3 Å². The van der Waals surface area contributed by atoms with Crippen molar-refractivity contribution >= 4 is 17.5 Å². The van der Waals surface area contributed by atoms with E-state index in [4.69, 9.17) is 0 Å². The van der Waals surface area contributed by atoms with Crippen molar-refractivity contribution in [3.05, 3.63) is 54.1 Å². The van der Waals surface area contributed by atoms with Crippen LogP contribution in [0.4, 0.5) is 5.69 Å². The summed E-state index contributed by atoms with van der Waals surface area (Å²) in [6, 6.07) is 15.3. The van der Waals surface area contributed by atoms with Crippen LogP contribution in [0.3, 0.4) is 0 Å². The maximum atomic E-state index is 12.5. The van der Waals surface area contributed by atoms with E-state index < -0.39 is 0 Å². The Morgan fingerprint density at radius 2 is 1.71 bits per heavy atom. The molecule has 2 aromatic carbocycles. The summed E-state index contributed by atoms with van der Waals surface area (Å²) in [5, 5.41) is 6.03. The molecule has 0 saturated carbocycles. The molecule has 5 nitrogen and oxygen atoms in total. The Kier molecular flexibility index (Phi) is 4.91. The molecule has 0 aromatic heterocycles. The van der Waals surface area contributed by atoms with E-state index in [2.05, 4.69) is 10.6 Å². The number of nitrogens with one attached hydrogen (secondary N) is 2. The molecule has 5 heteroatoms. The molecule has 24 heavy (non-hydrogen) atoms. The molecular formula is C19H21N3O2. The summed E-state index contributed by atoms with van der Waals surface area (Å²) in [6.07, 6.45) is 0. The molecule has 1 saturated heterocycles. The van der Waals surface area contributed by atoms with E-state index in [1.165, 1.54) is 6.92 Å². The van der Waals surface area contributed by atoms with Gasteiger partial charge in [0.05, 0.1) is 0 Å². The fourth-order valence-corrected chi connectivity index (χ4v) is 2.84. The average Bonchev–Trinajstić information content (AvgIpc) is 2.62. The first kappa shape index (κ1) is 16.2. The number of carbonyl (C=O) groups excluding carboxylic acids is 2. The molecule has 0 bridgehead atoms. The quantitative estimate of drug-likeness (QED) is 0.911. The Labute approximate surface area is 141 Å². The summed E-state index contributed by atoms with van der Waals surface area (Å²) in [7, 11) is 0. The third-order valence-corrected chi connectivity index (χ3v) is 4.05. The highest BCUT2D eigenvalue weighted by molar-refractivity contribution is 5.95. The Morgan fingerprint density at radius 3 is 2.38 bits per heavy atom. The Bertz CT molecular complexity index is 735. The SMILES string of the molecule is CC(=O)Nc1cccc(-c2ccc(C(=O)N3CCNCC3)cc2)c1. The molecule has 2 aromatic rings. The van der Waals surface area contributed by atoms with Crippen LogP contribution < -0.4 is 10.6 Å². The van der Waals surface area contributed by atoms with Crippen molar-refractivity contribution in [2.75, 3.05) is 31.5 Å². The van der Waals surface area contributed by atoms with Crippen LogP contribution in [0.25, 0.3) is 11.1 Å². The minimum absolute atomic E-state index is 0.0787. The van der Waals surface area contributed by atoms with Gasteiger partial charge in [-0.1, -0.05) is 24.3 Å². The van der Waals surface area contributed by atoms with E-state index in [-0.39, 0.29) is 11.8 Å². The van der Waals surface area contributed by atoms with Crippen molar-refractivity contribution in [3.63, 3.8) is 0 Å². The molecule has 1 fully saturated rings. The zero-order valence-corrected chi connectivity index (χ0v) is 13.7. The molecule has 0 spiro atoms. The third kappa shape index (κ3) is 3.81. The number of carbonyl (C=O) groups is 2. The highest BCUT2D eigenvalue weighted by Gasteiger charge is 2.17. The van der Waals surface area contributed by atoms with Crippen molar-refractivity contribution in [2.45, 2.75) is 6.92 Å². The zero-order chi connectivity index (χ0) is 16.9. The Hall–Kier alpha value is -2.66. The van der Waals surface area contributed by atoms with Crippen LogP contribution in [0.5, 0.6) is 0 Å². The standard InChI is InChI=1S/C19H21N3O2/c1-14(23)21-18-4-2-3-17(13-18)15-5-7-16(8-6-15)19(24)22-11-9-20-10-12-22/h2-8,13,20H,9-12H2,1H3,(H,21,23). The minimum atomic E-state index is -0.0934. The summed E-state index contributed by atoms with van der Waals surface area (Å²) in [4.78, 5) is 25.5. The van der Waals surface area contributed by atoms with Gasteiger partial charge in [0.25, 0.3) is 5.91 Å². The second-order valence-electron chi connectivity index (χ2n) is 5.88. The fourth-order valence-electron chi connectivity index (χ4n) is 2.84. The normalized spacial score (nSPS) is 14.3. The highest BCUT2D eigenvalue weighted by atomic mass is 16.2. The van der Waals surface area contributed by atoms with Crippen molar-refractivity contribution in [1.29, 1.82) is 0 Å². The molecule has 124 valence electrons. The number of anilines is 1. The van der Waals surface area contributed by atoms with Gasteiger partial charge in [-0.15, -0.1) is 0 Å². The molecule has 1 aliphatic rings. The largest absolute Gasteiger partial charge is 0.336 e. The van der Waals surface area contributed by atoms with Crippen molar-refractivity contribution in [1.82, 2.24) is 10.2 Å². The lowest BCUT2D eigenvalue weighted by molar-refractivity contribution is -0.114. The van der Waals surface area contributed by atoms with Gasteiger partial charge < -0.3 is 15.5 Å². The number of amides is 2. The average molecular weight is 323 g/mol. The first-order valence-corrected chi connectivity index (χ1v) is 8.11. The summed E-state index contributed by atoms with van der Waals surface area (Å²) >= 11 is 0. The third-order valence-electron chi connectivity index (χ3n) is 4.05. The van der Waals surface area contributed by atoms with E-state index in [1.54, 1.807) is 0 Å². The van der Waals surface area contributed by atoms with Crippen molar-refractivity contribution in [3.8, 4) is 11.1 Å². The first-order chi connectivity index (χ1) is 11.6. The highest BCUT2D eigenvalue weighted by Crippen LogP contribution is 2.23. The molecule has 0 aliphatic carbocycles. The molecule has 3 rings (SSSR count). The predicted octanol–water partition coefficient (Wildman–Crippen LogP) is 2.36. The molecule has 2 amide bonds. The lowest BCUT2D eigenvalue weighted by atomic mass is 10.0. The van der Waals surface area contributed by atoms with E-state index in [1.807, 2.05) is 53.4 Å². The number of hydrogen-bond donors (Lipinski definition) is 2. The predicted molar refractivity (Wildman–Crippen MR) is 95.0 cm³/mol. The van der Waals surface area contributed by atoms with Crippen LogP contribution in [0.2, 0.25) is 0 Å². The summed E-state index contributed by atoms with van der Waals surface area (Å²) < 4.78 is 0. The monoisotopic (exact) mass is 323 g/mol. The molecule has 0 atom stereocenters. The Balaban J connectivity index is 1.76. The topological polar surface area (TPSA) is 61.4 Å². The van der Waals surface area contributed by atoms with E-state index in [0.717, 1.165) is 43.0 Å². The molecular weight excluding hydrogens is 302 g/mol. The molecule has 1 heterocycles. The number of piperazine rings is 1. The van der Waals surface area contributed by atoms with Crippen LogP contribution in [-0.4, -0.2) is 42.9 Å². The fraction of sp³-hybridized carbons (Fsp3) is 0.263. The van der Waals surface area contributed by atoms with Gasteiger partial charge in [-0.2, -0.15) is 0 Å². The second kappa shape index (κ2) is 7.27. The van der Waals surface area contributed by atoms with Gasteiger partial charge >= 0.3 is 0 Å². The molecule has 1 aliphatic heterocycles. The molecule has 0 unspecified atom stereocenters. The molecule has 2 N–H and O–H groups in total. The molecule has 0 radical (unpaired) electrons. The number of benzene rings is 2. The number of rotatable bonds is 3. The summed E-state index contributed by atoms with van der Waals surface area (Å²) in [5.74, 6) is -0.0147. The van der Waals surface area contributed by atoms with E-state index in [9.17, 15) is 9.59 Å². The van der Waals surface area contributed by atoms with Crippen molar-refractivity contribution in [2.24, 2.45) is 0 Å². The van der Waals surface area contributed by atoms with Gasteiger partial charge in [-0.25, -0.2) is 0 Å². The van der Waals surface area contributed by atoms with Gasteiger partial charge in [0.2, 0.25) is 5.91 Å². The lowest BCUT2D eigenvalue weighted by Gasteiger charge is -2.27. The van der Waals surface area contributed by atoms with Gasteiger partial charge in [-0.05, 0) is 35.4 Å². The van der Waals surface area contributed by atoms with Crippen molar-refractivity contribution < 1.29 is 9.59 Å². The van der Waals surface area contributed by atoms with Gasteiger partial charge in [0.1, 0.15) is 0 Å². The van der Waals surface area contributed by atoms with E-state index in [0.29, 0.717) is 5.56 Å². The van der Waals surface area contributed by atoms with Crippen LogP contribution in [0.15, 0.2) is 48.5 Å². The van der Waals surface area contributed by atoms with Gasteiger partial charge in [0, 0.05) is 44.4 Å².